The van der Waals surface area contributed by atoms with Gasteiger partial charge in [-0.1, -0.05) is 36.4 Å². The Bertz CT molecular complexity index is 998. The van der Waals surface area contributed by atoms with E-state index in [1.54, 1.807) is 17.0 Å². The molecule has 0 radical (unpaired) electrons. The van der Waals surface area contributed by atoms with Crippen LogP contribution in [0, 0.1) is 5.82 Å². The number of ether oxygens (including phenoxy) is 2. The van der Waals surface area contributed by atoms with E-state index in [4.69, 9.17) is 9.47 Å². The molecule has 0 aromatic heterocycles. The van der Waals surface area contributed by atoms with E-state index in [1.165, 1.54) is 24.8 Å². The number of β-amino-alcohol motifs (C(OH)–C–C–N with tert-alkyl or cyclic N) is 2. The fraction of sp³-hybridized carbons (Fsp3) is 0.536. The number of hydrogen-bond donors (Lipinski definition) is 2. The number of carbonyl (C=O) groups excluding carboxylic acids is 1. The van der Waals surface area contributed by atoms with Crippen LogP contribution in [0.25, 0.3) is 0 Å². The average Bonchev–Trinajstić information content (AvgIpc) is 3.02. The van der Waals surface area contributed by atoms with Crippen molar-refractivity contribution in [2.24, 2.45) is 0 Å². The summed E-state index contributed by atoms with van der Waals surface area (Å²) in [6.45, 7) is 1.43. The molecule has 36 heavy (non-hydrogen) atoms. The molecule has 2 N–H and O–H groups in total. The van der Waals surface area contributed by atoms with E-state index in [0.717, 1.165) is 12.8 Å². The molecule has 0 spiro atoms. The van der Waals surface area contributed by atoms with E-state index in [0.29, 0.717) is 44.1 Å². The van der Waals surface area contributed by atoms with E-state index in [-0.39, 0.29) is 32.2 Å². The van der Waals surface area contributed by atoms with E-state index in [2.05, 4.69) is 24.3 Å². The van der Waals surface area contributed by atoms with Crippen LogP contribution in [0.3, 0.4) is 0 Å². The smallest absolute Gasteiger partial charge is 0.248 e. The molecule has 2 fully saturated rings. The minimum atomic E-state index is -1.40. The molecule has 0 bridgehead atoms. The molecule has 7 nitrogen and oxygen atoms in total. The van der Waals surface area contributed by atoms with Crippen molar-refractivity contribution in [2.75, 3.05) is 53.0 Å². The highest BCUT2D eigenvalue weighted by Crippen LogP contribution is 2.38. The molecule has 8 heteroatoms. The Morgan fingerprint density at radius 1 is 1.03 bits per heavy atom. The van der Waals surface area contributed by atoms with Gasteiger partial charge < -0.3 is 24.6 Å². The number of aliphatic hydroxyl groups is 2. The molecule has 1 saturated carbocycles. The van der Waals surface area contributed by atoms with Crippen LogP contribution in [0.4, 0.5) is 4.39 Å². The number of halogens is 1. The molecule has 1 aliphatic carbocycles. The summed E-state index contributed by atoms with van der Waals surface area (Å²) in [6, 6.07) is 16.2. The van der Waals surface area contributed by atoms with Crippen molar-refractivity contribution in [3.05, 3.63) is 66.0 Å². The van der Waals surface area contributed by atoms with Gasteiger partial charge in [0.25, 0.3) is 0 Å². The number of nitrogens with zero attached hydrogens (tertiary/aromatic N) is 2. The standard InChI is InChI=1S/C28H37FN2O5/c1-35-17-26(32)31-15-14-30(19-28(34,20-31)21-36-25-9-5-8-24(29)16-25)18-27(33)12-10-23(11-13-27)22-6-3-2-4-7-22/h2-9,16,23,33-34H,10-15,17-21H2,1H3/t23?,27?,28-/m1/s1. The fourth-order valence-corrected chi connectivity index (χ4v) is 5.46. The Hall–Kier alpha value is -2.52. The lowest BCUT2D eigenvalue weighted by atomic mass is 9.76. The Balaban J connectivity index is 1.43. The van der Waals surface area contributed by atoms with Crippen LogP contribution in [-0.2, 0) is 9.53 Å². The number of hydrogen-bond acceptors (Lipinski definition) is 6. The Morgan fingerprint density at radius 3 is 2.47 bits per heavy atom. The third-order valence-corrected chi connectivity index (χ3v) is 7.32. The lowest BCUT2D eigenvalue weighted by molar-refractivity contribution is -0.138. The largest absolute Gasteiger partial charge is 0.490 e. The van der Waals surface area contributed by atoms with Gasteiger partial charge in [0.2, 0.25) is 5.91 Å². The number of benzene rings is 2. The van der Waals surface area contributed by atoms with Crippen molar-refractivity contribution in [3.8, 4) is 5.75 Å². The highest BCUT2D eigenvalue weighted by molar-refractivity contribution is 5.77. The van der Waals surface area contributed by atoms with Crippen molar-refractivity contribution >= 4 is 5.91 Å². The molecule has 1 amide bonds. The number of amides is 1. The van der Waals surface area contributed by atoms with Crippen LogP contribution in [0.5, 0.6) is 5.75 Å². The average molecular weight is 501 g/mol. The van der Waals surface area contributed by atoms with Crippen LogP contribution in [0.1, 0.15) is 37.2 Å². The lowest BCUT2D eigenvalue weighted by Crippen LogP contribution is -2.54. The fourth-order valence-electron chi connectivity index (χ4n) is 5.46. The summed E-state index contributed by atoms with van der Waals surface area (Å²) in [4.78, 5) is 16.2. The predicted molar refractivity (Wildman–Crippen MR) is 134 cm³/mol. The van der Waals surface area contributed by atoms with Crippen molar-refractivity contribution in [2.45, 2.75) is 42.8 Å². The van der Waals surface area contributed by atoms with E-state index >= 15 is 0 Å². The van der Waals surface area contributed by atoms with Crippen LogP contribution >= 0.6 is 0 Å². The molecule has 2 aliphatic rings. The van der Waals surface area contributed by atoms with Gasteiger partial charge in [-0.3, -0.25) is 9.69 Å². The first-order valence-corrected chi connectivity index (χ1v) is 12.6. The zero-order chi connectivity index (χ0) is 25.6. The summed E-state index contributed by atoms with van der Waals surface area (Å²) in [7, 11) is 1.46. The van der Waals surface area contributed by atoms with E-state index in [9.17, 15) is 19.4 Å². The Kier molecular flexibility index (Phi) is 8.62. The van der Waals surface area contributed by atoms with E-state index in [1.807, 2.05) is 11.0 Å². The first kappa shape index (κ1) is 26.5. The van der Waals surface area contributed by atoms with Gasteiger partial charge in [-0.05, 0) is 49.3 Å². The molecular formula is C28H37FN2O5. The molecule has 1 saturated heterocycles. The van der Waals surface area contributed by atoms with Gasteiger partial charge in [0, 0.05) is 39.4 Å². The van der Waals surface area contributed by atoms with Gasteiger partial charge in [-0.2, -0.15) is 0 Å². The lowest BCUT2D eigenvalue weighted by Gasteiger charge is -2.40. The molecule has 2 aromatic rings. The van der Waals surface area contributed by atoms with Crippen molar-refractivity contribution in [1.82, 2.24) is 9.80 Å². The second kappa shape index (κ2) is 11.7. The van der Waals surface area contributed by atoms with Crippen molar-refractivity contribution in [1.29, 1.82) is 0 Å². The zero-order valence-corrected chi connectivity index (χ0v) is 20.9. The Labute approximate surface area is 212 Å². The Morgan fingerprint density at radius 2 is 1.78 bits per heavy atom. The summed E-state index contributed by atoms with van der Waals surface area (Å²) in [5.41, 5.74) is -0.948. The second-order valence-electron chi connectivity index (χ2n) is 10.3. The number of carbonyl (C=O) groups is 1. The second-order valence-corrected chi connectivity index (χ2v) is 10.3. The highest BCUT2D eigenvalue weighted by Gasteiger charge is 2.41. The maximum absolute atomic E-state index is 13.6. The van der Waals surface area contributed by atoms with Gasteiger partial charge in [0.1, 0.15) is 30.4 Å². The first-order valence-electron chi connectivity index (χ1n) is 12.6. The summed E-state index contributed by atoms with van der Waals surface area (Å²) in [5.74, 6) is 0.110. The predicted octanol–water partition coefficient (Wildman–Crippen LogP) is 2.82. The van der Waals surface area contributed by atoms with Crippen LogP contribution in [-0.4, -0.2) is 90.2 Å². The van der Waals surface area contributed by atoms with Gasteiger partial charge >= 0.3 is 0 Å². The highest BCUT2D eigenvalue weighted by atomic mass is 19.1. The van der Waals surface area contributed by atoms with Crippen molar-refractivity contribution in [3.63, 3.8) is 0 Å². The van der Waals surface area contributed by atoms with Gasteiger partial charge in [-0.15, -0.1) is 0 Å². The quantitative estimate of drug-likeness (QED) is 0.580. The van der Waals surface area contributed by atoms with Crippen LogP contribution < -0.4 is 4.74 Å². The maximum Gasteiger partial charge on any atom is 0.248 e. The monoisotopic (exact) mass is 500 g/mol. The molecule has 0 unspecified atom stereocenters. The molecular weight excluding hydrogens is 463 g/mol. The molecule has 1 aliphatic heterocycles. The minimum absolute atomic E-state index is 0.0650. The molecule has 196 valence electrons. The summed E-state index contributed by atoms with van der Waals surface area (Å²) >= 11 is 0. The van der Waals surface area contributed by atoms with Crippen LogP contribution in [0.2, 0.25) is 0 Å². The summed E-state index contributed by atoms with van der Waals surface area (Å²) in [6.07, 6.45) is 3.15. The molecule has 2 aromatic carbocycles. The number of rotatable bonds is 8. The number of methoxy groups -OCH3 is 1. The summed E-state index contributed by atoms with van der Waals surface area (Å²) < 4.78 is 24.4. The summed E-state index contributed by atoms with van der Waals surface area (Å²) in [5, 5.41) is 23.0. The van der Waals surface area contributed by atoms with Gasteiger partial charge in [-0.25, -0.2) is 4.39 Å². The SMILES string of the molecule is COCC(=O)N1CCN(CC2(O)CCC(c3ccccc3)CC2)C[C@](O)(COc2cccc(F)c2)C1. The topological polar surface area (TPSA) is 82.5 Å². The minimum Gasteiger partial charge on any atom is -0.490 e. The third-order valence-electron chi connectivity index (χ3n) is 7.32. The molecule has 1 atom stereocenters. The zero-order valence-electron chi connectivity index (χ0n) is 20.9. The molecule has 1 heterocycles. The third kappa shape index (κ3) is 7.03. The van der Waals surface area contributed by atoms with Gasteiger partial charge in [0.05, 0.1) is 12.1 Å². The molecule has 4 rings (SSSR count). The van der Waals surface area contributed by atoms with E-state index < -0.39 is 17.0 Å². The maximum atomic E-state index is 13.6. The van der Waals surface area contributed by atoms with Crippen LogP contribution in [0.15, 0.2) is 54.6 Å². The van der Waals surface area contributed by atoms with Gasteiger partial charge in [0.15, 0.2) is 0 Å². The van der Waals surface area contributed by atoms with Crippen molar-refractivity contribution < 1.29 is 28.9 Å². The first-order chi connectivity index (χ1) is 17.3. The normalized spacial score (nSPS) is 27.4.